The van der Waals surface area contributed by atoms with Crippen LogP contribution in [-0.2, 0) is 19.1 Å². The Morgan fingerprint density at radius 1 is 1.18 bits per heavy atom. The second-order valence-corrected chi connectivity index (χ2v) is 8.71. The number of esters is 2. The second-order valence-electron chi connectivity index (χ2n) is 6.65. The van der Waals surface area contributed by atoms with E-state index >= 15 is 0 Å². The Bertz CT molecular complexity index is 1260. The lowest BCUT2D eigenvalue weighted by atomic mass is 9.81. The normalized spacial score (nSPS) is 15.9. The molecule has 0 bridgehead atoms. The van der Waals surface area contributed by atoms with E-state index in [1.54, 1.807) is 30.3 Å². The Kier molecular flexibility index (Phi) is 7.47. The number of anilines is 1. The van der Waals surface area contributed by atoms with Gasteiger partial charge in [0.2, 0.25) is 0 Å². The summed E-state index contributed by atoms with van der Waals surface area (Å²) in [4.78, 5) is 27.1. The highest BCUT2D eigenvalue weighted by molar-refractivity contribution is 9.11. The summed E-state index contributed by atoms with van der Waals surface area (Å²) in [6.07, 6.45) is 0. The van der Waals surface area contributed by atoms with Crippen molar-refractivity contribution >= 4 is 61.1 Å². The number of benzene rings is 2. The Balaban J connectivity index is 2.50. The molecule has 0 amide bonds. The molecule has 3 rings (SSSR count). The number of nitrogens with two attached hydrogens (primary N) is 1. The molecule has 33 heavy (non-hydrogen) atoms. The minimum atomic E-state index is -1.05. The number of ether oxygens (including phenoxy) is 2. The van der Waals surface area contributed by atoms with Crippen molar-refractivity contribution in [1.29, 1.82) is 5.26 Å². The maximum Gasteiger partial charge on any atom is 0.355 e. The van der Waals surface area contributed by atoms with Crippen molar-refractivity contribution < 1.29 is 23.5 Å². The van der Waals surface area contributed by atoms with Gasteiger partial charge in [0, 0.05) is 0 Å². The standard InChI is InChI=1S/C22H15Br2ClFN3O4/c1-32-21(30)15-14(10-6-4-3-5-7-10)11(9-27)20(28)29(19(15)22(31)33-2)18-13(25)8-12(23)17(26)16(18)24/h3-8,14H,28H2,1-2H3. The smallest absolute Gasteiger partial charge is 0.355 e. The zero-order valence-electron chi connectivity index (χ0n) is 17.2. The first-order valence-corrected chi connectivity index (χ1v) is 11.1. The molecule has 0 radical (unpaired) electrons. The average Bonchev–Trinajstić information content (AvgIpc) is 2.82. The van der Waals surface area contributed by atoms with Crippen LogP contribution in [0.25, 0.3) is 0 Å². The monoisotopic (exact) mass is 597 g/mol. The van der Waals surface area contributed by atoms with Crippen LogP contribution in [-0.4, -0.2) is 26.2 Å². The van der Waals surface area contributed by atoms with Crippen LogP contribution in [0.15, 0.2) is 68.0 Å². The van der Waals surface area contributed by atoms with Crippen LogP contribution in [0.3, 0.4) is 0 Å². The van der Waals surface area contributed by atoms with Gasteiger partial charge in [0.05, 0.1) is 57.0 Å². The van der Waals surface area contributed by atoms with Crippen LogP contribution in [0.2, 0.25) is 5.02 Å². The summed E-state index contributed by atoms with van der Waals surface area (Å²) in [5.41, 5.74) is 6.14. The van der Waals surface area contributed by atoms with Crippen molar-refractivity contribution in [2.45, 2.75) is 5.92 Å². The van der Waals surface area contributed by atoms with Crippen LogP contribution in [0, 0.1) is 17.1 Å². The summed E-state index contributed by atoms with van der Waals surface area (Å²) in [5.74, 6) is -3.90. The quantitative estimate of drug-likeness (QED) is 0.303. The third kappa shape index (κ3) is 4.24. The van der Waals surface area contributed by atoms with Crippen molar-refractivity contribution in [2.24, 2.45) is 5.73 Å². The van der Waals surface area contributed by atoms with Crippen molar-refractivity contribution in [3.8, 4) is 6.07 Å². The molecule has 2 aromatic carbocycles. The van der Waals surface area contributed by atoms with Crippen LogP contribution >= 0.6 is 43.5 Å². The highest BCUT2D eigenvalue weighted by Gasteiger charge is 2.44. The van der Waals surface area contributed by atoms with Gasteiger partial charge in [0.15, 0.2) is 5.82 Å². The summed E-state index contributed by atoms with van der Waals surface area (Å²) in [6, 6.07) is 11.8. The molecule has 0 saturated carbocycles. The molecule has 7 nitrogen and oxygen atoms in total. The molecule has 0 aliphatic carbocycles. The highest BCUT2D eigenvalue weighted by atomic mass is 79.9. The summed E-state index contributed by atoms with van der Waals surface area (Å²) in [7, 11) is 2.24. The van der Waals surface area contributed by atoms with E-state index in [0.717, 1.165) is 19.1 Å². The zero-order valence-corrected chi connectivity index (χ0v) is 21.1. The number of methoxy groups -OCH3 is 2. The molecule has 2 aromatic rings. The molecule has 11 heteroatoms. The third-order valence-corrected chi connectivity index (χ3v) is 6.51. The maximum absolute atomic E-state index is 14.8. The van der Waals surface area contributed by atoms with E-state index in [9.17, 15) is 19.2 Å². The number of hydrogen-bond acceptors (Lipinski definition) is 7. The fourth-order valence-electron chi connectivity index (χ4n) is 3.51. The number of halogens is 4. The van der Waals surface area contributed by atoms with E-state index in [0.29, 0.717) is 5.56 Å². The van der Waals surface area contributed by atoms with Gasteiger partial charge in [0.1, 0.15) is 11.5 Å². The summed E-state index contributed by atoms with van der Waals surface area (Å²) in [6.45, 7) is 0. The first kappa shape index (κ1) is 24.8. The van der Waals surface area contributed by atoms with Crippen molar-refractivity contribution in [3.63, 3.8) is 0 Å². The van der Waals surface area contributed by atoms with Crippen LogP contribution < -0.4 is 10.6 Å². The lowest BCUT2D eigenvalue weighted by Gasteiger charge is -2.36. The molecule has 2 N–H and O–H groups in total. The molecule has 1 atom stereocenters. The summed E-state index contributed by atoms with van der Waals surface area (Å²) < 4.78 is 24.5. The number of carbonyl (C=O) groups is 2. The summed E-state index contributed by atoms with van der Waals surface area (Å²) in [5, 5.41) is 9.99. The Labute approximate surface area is 210 Å². The largest absolute Gasteiger partial charge is 0.466 e. The minimum absolute atomic E-state index is 0.0285. The lowest BCUT2D eigenvalue weighted by molar-refractivity contribution is -0.139. The molecule has 1 aliphatic rings. The molecule has 0 aromatic heterocycles. The SMILES string of the molecule is COC(=O)C1=C(C(=O)OC)N(c2c(Cl)cc(Br)c(F)c2Br)C(N)=C(C#N)C1c1ccccc1. The Morgan fingerprint density at radius 3 is 2.33 bits per heavy atom. The highest BCUT2D eigenvalue weighted by Crippen LogP contribution is 2.48. The number of carbonyl (C=O) groups excluding carboxylic acids is 2. The molecular formula is C22H15Br2ClFN3O4. The molecule has 1 aliphatic heterocycles. The van der Waals surface area contributed by atoms with E-state index in [4.69, 9.17) is 26.8 Å². The number of nitriles is 1. The molecule has 1 heterocycles. The van der Waals surface area contributed by atoms with Gasteiger partial charge in [-0.2, -0.15) is 5.26 Å². The topological polar surface area (TPSA) is 106 Å². The van der Waals surface area contributed by atoms with Crippen molar-refractivity contribution in [1.82, 2.24) is 0 Å². The van der Waals surface area contributed by atoms with Crippen LogP contribution in [0.1, 0.15) is 11.5 Å². The van der Waals surface area contributed by atoms with E-state index in [-0.39, 0.29) is 42.3 Å². The van der Waals surface area contributed by atoms with Gasteiger partial charge in [-0.15, -0.1) is 0 Å². The molecular weight excluding hydrogens is 585 g/mol. The fourth-order valence-corrected chi connectivity index (χ4v) is 5.34. The molecule has 170 valence electrons. The minimum Gasteiger partial charge on any atom is -0.466 e. The number of rotatable bonds is 4. The van der Waals surface area contributed by atoms with Crippen molar-refractivity contribution in [3.05, 3.63) is 84.4 Å². The van der Waals surface area contributed by atoms with Crippen LogP contribution in [0.5, 0.6) is 0 Å². The van der Waals surface area contributed by atoms with E-state index in [1.165, 1.54) is 6.07 Å². The van der Waals surface area contributed by atoms with Gasteiger partial charge in [-0.1, -0.05) is 41.9 Å². The first-order valence-electron chi connectivity index (χ1n) is 9.18. The predicted octanol–water partition coefficient (Wildman–Crippen LogP) is 4.90. The van der Waals surface area contributed by atoms with Crippen molar-refractivity contribution in [2.75, 3.05) is 19.1 Å². The van der Waals surface area contributed by atoms with Crippen LogP contribution in [0.4, 0.5) is 10.1 Å². The first-order chi connectivity index (χ1) is 15.7. The van der Waals surface area contributed by atoms with E-state index < -0.39 is 23.7 Å². The Hall–Kier alpha value is -2.87. The fraction of sp³-hybridized carbons (Fsp3) is 0.136. The summed E-state index contributed by atoms with van der Waals surface area (Å²) >= 11 is 12.6. The van der Waals surface area contributed by atoms with E-state index in [2.05, 4.69) is 31.9 Å². The van der Waals surface area contributed by atoms with Gasteiger partial charge in [-0.3, -0.25) is 4.90 Å². The molecule has 1 unspecified atom stereocenters. The molecule has 0 spiro atoms. The number of nitrogens with zero attached hydrogens (tertiary/aromatic N) is 2. The lowest BCUT2D eigenvalue weighted by Crippen LogP contribution is -2.41. The van der Waals surface area contributed by atoms with Gasteiger partial charge in [-0.05, 0) is 43.5 Å². The molecule has 0 fully saturated rings. The zero-order chi connectivity index (χ0) is 24.4. The number of allylic oxidation sites excluding steroid dienone is 1. The maximum atomic E-state index is 14.8. The average molecular weight is 600 g/mol. The van der Waals surface area contributed by atoms with Gasteiger partial charge < -0.3 is 15.2 Å². The predicted molar refractivity (Wildman–Crippen MR) is 126 cm³/mol. The number of hydrogen-bond donors (Lipinski definition) is 1. The second kappa shape index (κ2) is 9.95. The van der Waals surface area contributed by atoms with Gasteiger partial charge in [-0.25, -0.2) is 14.0 Å². The third-order valence-electron chi connectivity index (χ3n) is 4.92. The van der Waals surface area contributed by atoms with E-state index in [1.807, 2.05) is 6.07 Å². The molecule has 0 saturated heterocycles. The Morgan fingerprint density at radius 2 is 1.79 bits per heavy atom. The van der Waals surface area contributed by atoms with Gasteiger partial charge >= 0.3 is 11.9 Å². The van der Waals surface area contributed by atoms with Gasteiger partial charge in [0.25, 0.3) is 0 Å².